The Morgan fingerprint density at radius 1 is 1.00 bits per heavy atom. The number of quaternary nitrogens is 1. The Balaban J connectivity index is 2.18. The van der Waals surface area contributed by atoms with Gasteiger partial charge in [0.2, 0.25) is 6.23 Å². The van der Waals surface area contributed by atoms with Crippen LogP contribution in [-0.2, 0) is 18.4 Å². The summed E-state index contributed by atoms with van der Waals surface area (Å²) in [5.41, 5.74) is 1.20. The van der Waals surface area contributed by atoms with Crippen LogP contribution in [0.2, 0.25) is 0 Å². The van der Waals surface area contributed by atoms with Gasteiger partial charge in [-0.3, -0.25) is 13.8 Å². The molecule has 1 aromatic carbocycles. The van der Waals surface area contributed by atoms with Gasteiger partial charge in [0, 0.05) is 0 Å². The summed E-state index contributed by atoms with van der Waals surface area (Å²) in [5, 5.41) is 19.2. The van der Waals surface area contributed by atoms with E-state index in [1.165, 1.54) is 5.56 Å². The molecule has 0 aliphatic heterocycles. The highest BCUT2D eigenvalue weighted by atomic mass is 31.2. The first kappa shape index (κ1) is 28.6. The van der Waals surface area contributed by atoms with Crippen molar-refractivity contribution in [1.29, 1.82) is 0 Å². The molecule has 1 rings (SSSR count). The Morgan fingerprint density at radius 2 is 1.53 bits per heavy atom. The highest BCUT2D eigenvalue weighted by molar-refractivity contribution is 7.47. The van der Waals surface area contributed by atoms with E-state index in [9.17, 15) is 19.4 Å². The zero-order valence-electron chi connectivity index (χ0n) is 19.6. The van der Waals surface area contributed by atoms with Crippen molar-refractivity contribution in [3.63, 3.8) is 0 Å². The van der Waals surface area contributed by atoms with E-state index in [1.807, 2.05) is 31.2 Å². The number of carboxylic acids is 1. The van der Waals surface area contributed by atoms with Gasteiger partial charge < -0.3 is 24.3 Å². The van der Waals surface area contributed by atoms with Crippen molar-refractivity contribution in [1.82, 2.24) is 0 Å². The first-order valence-corrected chi connectivity index (χ1v) is 12.5. The summed E-state index contributed by atoms with van der Waals surface area (Å²) in [5.74, 6) is -0.366. The Bertz CT molecular complexity index is 720. The number of hydrogen-bond acceptors (Lipinski definition) is 6. The SMILES string of the molecule is Cc1ccc(OCCCCCCCCOP(=O)(O)O[C@H](CC(=O)O)C(O)[N+](C)(C)C)cc1. The van der Waals surface area contributed by atoms with Crippen LogP contribution in [-0.4, -0.2) is 72.2 Å². The lowest BCUT2D eigenvalue weighted by Crippen LogP contribution is -2.52. The maximum absolute atomic E-state index is 12.2. The lowest BCUT2D eigenvalue weighted by Gasteiger charge is -2.34. The van der Waals surface area contributed by atoms with Crippen molar-refractivity contribution in [2.24, 2.45) is 0 Å². The average Bonchev–Trinajstić information content (AvgIpc) is 2.68. The van der Waals surface area contributed by atoms with E-state index in [4.69, 9.17) is 18.9 Å². The first-order chi connectivity index (χ1) is 14.9. The molecule has 9 nitrogen and oxygen atoms in total. The number of phosphoric ester groups is 1. The van der Waals surface area contributed by atoms with Crippen molar-refractivity contribution in [3.05, 3.63) is 29.8 Å². The third kappa shape index (κ3) is 12.5. The van der Waals surface area contributed by atoms with E-state index < -0.39 is 32.5 Å². The van der Waals surface area contributed by atoms with Crippen molar-refractivity contribution in [3.8, 4) is 5.75 Å². The minimum atomic E-state index is -4.48. The summed E-state index contributed by atoms with van der Waals surface area (Å²) >= 11 is 0. The molecule has 10 heteroatoms. The molecule has 0 aliphatic carbocycles. The van der Waals surface area contributed by atoms with E-state index in [1.54, 1.807) is 21.1 Å². The number of phosphoric acid groups is 1. The molecule has 32 heavy (non-hydrogen) atoms. The second kappa shape index (κ2) is 13.9. The van der Waals surface area contributed by atoms with Gasteiger partial charge in [-0.2, -0.15) is 0 Å². The van der Waals surface area contributed by atoms with Gasteiger partial charge in [0.15, 0.2) is 6.10 Å². The number of aryl methyl sites for hydroxylation is 1. The molecule has 0 saturated carbocycles. The van der Waals surface area contributed by atoms with Gasteiger partial charge in [-0.15, -0.1) is 0 Å². The van der Waals surface area contributed by atoms with Gasteiger partial charge in [-0.05, 0) is 31.9 Å². The summed E-state index contributed by atoms with van der Waals surface area (Å²) in [6.45, 7) is 2.73. The summed E-state index contributed by atoms with van der Waals surface area (Å²) in [6.07, 6.45) is 2.12. The highest BCUT2D eigenvalue weighted by Gasteiger charge is 2.39. The zero-order chi connectivity index (χ0) is 24.2. The van der Waals surface area contributed by atoms with Crippen LogP contribution in [0.15, 0.2) is 24.3 Å². The molecule has 0 aliphatic rings. The van der Waals surface area contributed by atoms with Gasteiger partial charge >= 0.3 is 13.8 Å². The number of carbonyl (C=O) groups is 1. The Hall–Kier alpha value is -1.48. The van der Waals surface area contributed by atoms with E-state index in [0.29, 0.717) is 13.0 Å². The molecular formula is C22H39NO8P+. The largest absolute Gasteiger partial charge is 0.494 e. The Kier molecular flexibility index (Phi) is 12.4. The van der Waals surface area contributed by atoms with E-state index in [0.717, 1.165) is 37.9 Å². The van der Waals surface area contributed by atoms with Crippen LogP contribution in [0.1, 0.15) is 50.5 Å². The number of rotatable bonds is 17. The van der Waals surface area contributed by atoms with E-state index in [-0.39, 0.29) is 11.1 Å². The summed E-state index contributed by atoms with van der Waals surface area (Å²) in [6, 6.07) is 7.97. The monoisotopic (exact) mass is 476 g/mol. The molecule has 0 heterocycles. The number of likely N-dealkylation sites (N-methyl/N-ethyl adjacent to an activating group) is 1. The van der Waals surface area contributed by atoms with Gasteiger partial charge in [-0.1, -0.05) is 43.4 Å². The zero-order valence-corrected chi connectivity index (χ0v) is 20.5. The van der Waals surface area contributed by atoms with E-state index >= 15 is 0 Å². The molecule has 2 unspecified atom stereocenters. The second-order valence-electron chi connectivity index (χ2n) is 8.86. The number of unbranched alkanes of at least 4 members (excludes halogenated alkanes) is 5. The quantitative estimate of drug-likeness (QED) is 0.135. The lowest BCUT2D eigenvalue weighted by molar-refractivity contribution is -0.922. The van der Waals surface area contributed by atoms with Gasteiger partial charge in [0.1, 0.15) is 5.75 Å². The van der Waals surface area contributed by atoms with Crippen molar-refractivity contribution >= 4 is 13.8 Å². The fourth-order valence-corrected chi connectivity index (χ4v) is 3.93. The van der Waals surface area contributed by atoms with Crippen LogP contribution in [0.3, 0.4) is 0 Å². The van der Waals surface area contributed by atoms with Crippen LogP contribution in [0.25, 0.3) is 0 Å². The van der Waals surface area contributed by atoms with Gasteiger partial charge in [0.05, 0.1) is 40.8 Å². The molecular weight excluding hydrogens is 437 g/mol. The third-order valence-corrected chi connectivity index (χ3v) is 5.90. The fraction of sp³-hybridized carbons (Fsp3) is 0.682. The second-order valence-corrected chi connectivity index (χ2v) is 10.3. The summed E-state index contributed by atoms with van der Waals surface area (Å²) < 4.78 is 27.8. The van der Waals surface area contributed by atoms with Crippen LogP contribution in [0.4, 0.5) is 0 Å². The molecule has 0 bridgehead atoms. The van der Waals surface area contributed by atoms with Crippen LogP contribution in [0.5, 0.6) is 5.75 Å². The lowest BCUT2D eigenvalue weighted by atomic mass is 10.1. The summed E-state index contributed by atoms with van der Waals surface area (Å²) in [7, 11) is 0.396. The number of aliphatic hydroxyl groups is 1. The molecule has 0 fully saturated rings. The average molecular weight is 477 g/mol. The van der Waals surface area contributed by atoms with Crippen molar-refractivity contribution in [2.75, 3.05) is 34.4 Å². The predicted octanol–water partition coefficient (Wildman–Crippen LogP) is 3.72. The molecule has 0 saturated heterocycles. The number of aliphatic carboxylic acids is 1. The van der Waals surface area contributed by atoms with Crippen LogP contribution in [0, 0.1) is 6.92 Å². The van der Waals surface area contributed by atoms with Gasteiger partial charge in [0.25, 0.3) is 0 Å². The molecule has 0 radical (unpaired) electrons. The first-order valence-electron chi connectivity index (χ1n) is 11.0. The summed E-state index contributed by atoms with van der Waals surface area (Å²) in [4.78, 5) is 20.9. The number of hydrogen-bond donors (Lipinski definition) is 3. The van der Waals surface area contributed by atoms with Gasteiger partial charge in [-0.25, -0.2) is 4.57 Å². The Morgan fingerprint density at radius 3 is 2.06 bits per heavy atom. The van der Waals surface area contributed by atoms with Crippen molar-refractivity contribution in [2.45, 2.75) is 64.2 Å². The molecule has 0 aromatic heterocycles. The number of carboxylic acid groups (broad SMARTS) is 1. The standard InChI is InChI=1S/C22H38NO8P/c1-18-11-13-19(14-12-18)29-15-9-7-5-6-8-10-16-30-32(27,28)31-20(17-21(24)25)22(26)23(2,3)4/h11-14,20,22,26H,5-10,15-17H2,1-4H3,(H-,24,25,27,28)/p+1/t20-,22?/m1/s1. The number of aliphatic hydroxyl groups excluding tert-OH is 1. The van der Waals surface area contributed by atoms with Crippen molar-refractivity contribution < 1.29 is 42.7 Å². The fourth-order valence-electron chi connectivity index (χ4n) is 2.99. The topological polar surface area (TPSA) is 123 Å². The minimum Gasteiger partial charge on any atom is -0.494 e. The normalized spacial score (nSPS) is 15.7. The Labute approximate surface area is 191 Å². The highest BCUT2D eigenvalue weighted by Crippen LogP contribution is 2.46. The smallest absolute Gasteiger partial charge is 0.472 e. The molecule has 0 spiro atoms. The molecule has 3 N–H and O–H groups in total. The van der Waals surface area contributed by atoms with Crippen LogP contribution < -0.4 is 4.74 Å². The molecule has 0 amide bonds. The van der Waals surface area contributed by atoms with E-state index in [2.05, 4.69) is 0 Å². The predicted molar refractivity (Wildman–Crippen MR) is 121 cm³/mol. The number of ether oxygens (including phenoxy) is 1. The number of benzene rings is 1. The molecule has 1 aromatic rings. The third-order valence-electron chi connectivity index (χ3n) is 4.85. The maximum atomic E-state index is 12.2. The van der Waals surface area contributed by atoms with Crippen LogP contribution >= 0.6 is 7.82 Å². The number of nitrogens with zero attached hydrogens (tertiary/aromatic N) is 1. The molecule has 184 valence electrons. The molecule has 3 atom stereocenters. The maximum Gasteiger partial charge on any atom is 0.472 e. The minimum absolute atomic E-state index is 0.0184.